The van der Waals surface area contributed by atoms with Gasteiger partial charge in [0.1, 0.15) is 5.82 Å². The maximum absolute atomic E-state index is 9.01. The summed E-state index contributed by atoms with van der Waals surface area (Å²) in [5.74, 6) is 0.829. The zero-order valence-electron chi connectivity index (χ0n) is 11.5. The Labute approximate surface area is 122 Å². The van der Waals surface area contributed by atoms with E-state index in [1.54, 1.807) is 12.4 Å². The number of imidazole rings is 1. The van der Waals surface area contributed by atoms with Gasteiger partial charge in [0.25, 0.3) is 0 Å². The van der Waals surface area contributed by atoms with Gasteiger partial charge in [-0.1, -0.05) is 6.07 Å². The summed E-state index contributed by atoms with van der Waals surface area (Å²) in [6.45, 7) is 1.74. The number of benzene rings is 1. The average molecular weight is 277 g/mol. The van der Waals surface area contributed by atoms with Gasteiger partial charge in [-0.15, -0.1) is 0 Å². The number of nitrogens with one attached hydrogen (secondary N) is 1. The lowest BCUT2D eigenvalue weighted by Crippen LogP contribution is -2.07. The molecule has 0 aliphatic carbocycles. The van der Waals surface area contributed by atoms with Gasteiger partial charge in [0.15, 0.2) is 0 Å². The average Bonchev–Trinajstić information content (AvgIpc) is 3.04. The summed E-state index contributed by atoms with van der Waals surface area (Å²) >= 11 is 0. The molecule has 5 heteroatoms. The minimum Gasteiger partial charge on any atom is -0.369 e. The van der Waals surface area contributed by atoms with E-state index in [1.165, 1.54) is 0 Å². The molecule has 104 valence electrons. The number of pyridine rings is 1. The lowest BCUT2D eigenvalue weighted by Gasteiger charge is -2.09. The van der Waals surface area contributed by atoms with Gasteiger partial charge in [-0.25, -0.2) is 9.97 Å². The topological polar surface area (TPSA) is 66.5 Å². The van der Waals surface area contributed by atoms with Crippen molar-refractivity contribution in [2.24, 2.45) is 0 Å². The summed E-state index contributed by atoms with van der Waals surface area (Å²) in [7, 11) is 0. The molecule has 3 rings (SSSR count). The lowest BCUT2D eigenvalue weighted by molar-refractivity contribution is 0.660. The summed E-state index contributed by atoms with van der Waals surface area (Å²) in [4.78, 5) is 8.40. The van der Waals surface area contributed by atoms with Crippen molar-refractivity contribution in [1.82, 2.24) is 14.5 Å². The first kappa shape index (κ1) is 13.1. The molecule has 0 amide bonds. The van der Waals surface area contributed by atoms with E-state index in [9.17, 15) is 0 Å². The van der Waals surface area contributed by atoms with Gasteiger partial charge in [-0.2, -0.15) is 5.26 Å². The Kier molecular flexibility index (Phi) is 3.79. The number of nitrogens with zero attached hydrogens (tertiary/aromatic N) is 4. The number of nitriles is 1. The first-order valence-corrected chi connectivity index (χ1v) is 6.85. The molecule has 1 N–H and O–H groups in total. The van der Waals surface area contributed by atoms with Crippen LogP contribution in [0.15, 0.2) is 49.2 Å². The van der Waals surface area contributed by atoms with Crippen LogP contribution in [0.1, 0.15) is 12.0 Å². The SMILES string of the molecule is N#Cc1ccc2ccnc(NCCCn3ccnc3)c2c1. The highest BCUT2D eigenvalue weighted by Crippen LogP contribution is 2.22. The van der Waals surface area contributed by atoms with E-state index >= 15 is 0 Å². The molecule has 1 aromatic carbocycles. The molecule has 0 atom stereocenters. The molecule has 0 aliphatic heterocycles. The Hall–Kier alpha value is -2.87. The zero-order chi connectivity index (χ0) is 14.5. The molecule has 2 aromatic heterocycles. The highest BCUT2D eigenvalue weighted by molar-refractivity contribution is 5.92. The maximum Gasteiger partial charge on any atom is 0.133 e. The highest BCUT2D eigenvalue weighted by Gasteiger charge is 2.03. The summed E-state index contributed by atoms with van der Waals surface area (Å²) < 4.78 is 2.05. The third-order valence-corrected chi connectivity index (χ3v) is 3.34. The van der Waals surface area contributed by atoms with Crippen LogP contribution in [0, 0.1) is 11.3 Å². The normalized spacial score (nSPS) is 10.4. The van der Waals surface area contributed by atoms with E-state index in [2.05, 4.69) is 21.4 Å². The fraction of sp³-hybridized carbons (Fsp3) is 0.188. The van der Waals surface area contributed by atoms with Crippen LogP contribution in [0.4, 0.5) is 5.82 Å². The summed E-state index contributed by atoms with van der Waals surface area (Å²) in [6.07, 6.45) is 8.31. The third-order valence-electron chi connectivity index (χ3n) is 3.34. The number of aromatic nitrogens is 3. The number of aryl methyl sites for hydroxylation is 1. The van der Waals surface area contributed by atoms with Crippen LogP contribution >= 0.6 is 0 Å². The van der Waals surface area contributed by atoms with E-state index in [1.807, 2.05) is 41.4 Å². The van der Waals surface area contributed by atoms with Crippen molar-refractivity contribution in [3.8, 4) is 6.07 Å². The predicted octanol–water partition coefficient (Wildman–Crippen LogP) is 2.81. The van der Waals surface area contributed by atoms with Crippen molar-refractivity contribution in [3.63, 3.8) is 0 Å². The van der Waals surface area contributed by atoms with Gasteiger partial charge < -0.3 is 9.88 Å². The number of rotatable bonds is 5. The van der Waals surface area contributed by atoms with E-state index in [-0.39, 0.29) is 0 Å². The molecule has 0 fully saturated rings. The van der Waals surface area contributed by atoms with E-state index in [0.717, 1.165) is 36.1 Å². The molecule has 0 radical (unpaired) electrons. The molecule has 2 heterocycles. The molecule has 0 unspecified atom stereocenters. The van der Waals surface area contributed by atoms with Crippen molar-refractivity contribution in [2.45, 2.75) is 13.0 Å². The monoisotopic (exact) mass is 277 g/mol. The van der Waals surface area contributed by atoms with Crippen LogP contribution in [0.3, 0.4) is 0 Å². The van der Waals surface area contributed by atoms with Crippen LogP contribution in [-0.2, 0) is 6.54 Å². The summed E-state index contributed by atoms with van der Waals surface area (Å²) in [5, 5.41) is 14.4. The molecule has 0 spiro atoms. The minimum atomic E-state index is 0.650. The Morgan fingerprint density at radius 3 is 3.00 bits per heavy atom. The first-order chi connectivity index (χ1) is 10.4. The third kappa shape index (κ3) is 3.00. The van der Waals surface area contributed by atoms with Gasteiger partial charge in [0.05, 0.1) is 18.0 Å². The summed E-state index contributed by atoms with van der Waals surface area (Å²) in [6, 6.07) is 9.77. The molecule has 0 aliphatic rings. The second-order valence-corrected chi connectivity index (χ2v) is 4.79. The van der Waals surface area contributed by atoms with Gasteiger partial charge in [0, 0.05) is 37.1 Å². The van der Waals surface area contributed by atoms with Gasteiger partial charge >= 0.3 is 0 Å². The van der Waals surface area contributed by atoms with Gasteiger partial charge in [0.2, 0.25) is 0 Å². The number of hydrogen-bond donors (Lipinski definition) is 1. The van der Waals surface area contributed by atoms with Gasteiger partial charge in [-0.3, -0.25) is 0 Å². The molecule has 5 nitrogen and oxygen atoms in total. The van der Waals surface area contributed by atoms with E-state index < -0.39 is 0 Å². The Morgan fingerprint density at radius 1 is 1.24 bits per heavy atom. The molecule has 21 heavy (non-hydrogen) atoms. The van der Waals surface area contributed by atoms with Crippen LogP contribution in [-0.4, -0.2) is 21.1 Å². The molecular formula is C16H15N5. The van der Waals surface area contributed by atoms with Crippen LogP contribution in [0.2, 0.25) is 0 Å². The standard InChI is InChI=1S/C16H15N5/c17-11-13-2-3-14-4-6-20-16(15(14)10-13)19-5-1-8-21-9-7-18-12-21/h2-4,6-7,9-10,12H,1,5,8H2,(H,19,20). The molecule has 0 saturated carbocycles. The van der Waals surface area contributed by atoms with Crippen LogP contribution < -0.4 is 5.32 Å². The molecule has 3 aromatic rings. The second-order valence-electron chi connectivity index (χ2n) is 4.79. The van der Waals surface area contributed by atoms with E-state index in [4.69, 9.17) is 5.26 Å². The predicted molar refractivity (Wildman–Crippen MR) is 81.8 cm³/mol. The fourth-order valence-corrected chi connectivity index (χ4v) is 2.27. The smallest absolute Gasteiger partial charge is 0.133 e. The minimum absolute atomic E-state index is 0.650. The Bertz CT molecular complexity index is 771. The maximum atomic E-state index is 9.01. The Morgan fingerprint density at radius 2 is 2.19 bits per heavy atom. The van der Waals surface area contributed by atoms with Crippen molar-refractivity contribution in [3.05, 3.63) is 54.7 Å². The largest absolute Gasteiger partial charge is 0.369 e. The second kappa shape index (κ2) is 6.06. The zero-order valence-corrected chi connectivity index (χ0v) is 11.5. The van der Waals surface area contributed by atoms with Crippen molar-refractivity contribution in [1.29, 1.82) is 5.26 Å². The van der Waals surface area contributed by atoms with Crippen molar-refractivity contribution < 1.29 is 0 Å². The van der Waals surface area contributed by atoms with Crippen LogP contribution in [0.5, 0.6) is 0 Å². The lowest BCUT2D eigenvalue weighted by atomic mass is 10.1. The number of anilines is 1. The number of fused-ring (bicyclic) bond motifs is 1. The molecule has 0 bridgehead atoms. The Balaban J connectivity index is 1.70. The summed E-state index contributed by atoms with van der Waals surface area (Å²) in [5.41, 5.74) is 0.650. The highest BCUT2D eigenvalue weighted by atomic mass is 15.0. The van der Waals surface area contributed by atoms with Crippen molar-refractivity contribution >= 4 is 16.6 Å². The van der Waals surface area contributed by atoms with Crippen molar-refractivity contribution in [2.75, 3.05) is 11.9 Å². The first-order valence-electron chi connectivity index (χ1n) is 6.85. The fourth-order valence-electron chi connectivity index (χ4n) is 2.27. The molecular weight excluding hydrogens is 262 g/mol. The molecule has 0 saturated heterocycles. The quantitative estimate of drug-likeness (QED) is 0.728. The number of hydrogen-bond acceptors (Lipinski definition) is 4. The van der Waals surface area contributed by atoms with E-state index in [0.29, 0.717) is 5.56 Å². The van der Waals surface area contributed by atoms with Gasteiger partial charge in [-0.05, 0) is 30.0 Å². The van der Waals surface area contributed by atoms with Crippen LogP contribution in [0.25, 0.3) is 10.8 Å².